The summed E-state index contributed by atoms with van der Waals surface area (Å²) in [6, 6.07) is 4.15. The fourth-order valence-electron chi connectivity index (χ4n) is 3.96. The van der Waals surface area contributed by atoms with Crippen LogP contribution in [0.3, 0.4) is 0 Å². The molecule has 0 saturated carbocycles. The molecule has 2 aromatic rings. The normalized spacial score (nSPS) is 20.7. The number of piperidine rings is 2. The van der Waals surface area contributed by atoms with Crippen LogP contribution in [0.1, 0.15) is 47.8 Å². The molecule has 1 amide bonds. The summed E-state index contributed by atoms with van der Waals surface area (Å²) in [5.74, 6) is 0.624. The number of carbonyl (C=O) groups excluding carboxylic acids is 1. The number of likely N-dealkylation sites (tertiary alicyclic amines) is 2. The first-order chi connectivity index (χ1) is 14.6. The van der Waals surface area contributed by atoms with Crippen molar-refractivity contribution in [3.05, 3.63) is 29.0 Å². The van der Waals surface area contributed by atoms with E-state index in [1.165, 1.54) is 11.3 Å². The van der Waals surface area contributed by atoms with Crippen LogP contribution in [0.5, 0.6) is 0 Å². The summed E-state index contributed by atoms with van der Waals surface area (Å²) in [6.45, 7) is 3.32. The van der Waals surface area contributed by atoms with Crippen molar-refractivity contribution in [2.75, 3.05) is 38.0 Å². The Kier molecular flexibility index (Phi) is 6.52. The zero-order valence-corrected chi connectivity index (χ0v) is 17.5. The lowest BCUT2D eigenvalue weighted by Crippen LogP contribution is -2.40. The second-order valence-electron chi connectivity index (χ2n) is 7.72. The highest BCUT2D eigenvalue weighted by molar-refractivity contribution is 7.14. The Bertz CT molecular complexity index is 920. The summed E-state index contributed by atoms with van der Waals surface area (Å²) in [7, 11) is 0. The fraction of sp³-hybridized carbons (Fsp3) is 0.550. The first-order valence-corrected chi connectivity index (χ1v) is 11.1. The lowest BCUT2D eigenvalue weighted by Gasteiger charge is -2.30. The number of nitriles is 1. The molecule has 0 aromatic carbocycles. The lowest BCUT2D eigenvalue weighted by molar-refractivity contribution is 0.0542. The standard InChI is InChI=1S/C20H25N7O2S/c21-6-11-26-8-1-2-14(12-26)16-3-7-22-19(23-16)25-20-24-17(13-30-20)18(29)27-9-4-15(28)5-10-27/h3,7,13-15,28H,1-2,4-5,8-12H2,(H,22,23,24,25)/t14-/m1/s1. The number of amides is 1. The first kappa shape index (κ1) is 20.7. The van der Waals surface area contributed by atoms with Gasteiger partial charge in [-0.25, -0.2) is 15.0 Å². The van der Waals surface area contributed by atoms with E-state index in [4.69, 9.17) is 5.26 Å². The number of aliphatic hydroxyl groups excluding tert-OH is 1. The van der Waals surface area contributed by atoms with Gasteiger partial charge in [-0.05, 0) is 38.3 Å². The minimum absolute atomic E-state index is 0.111. The van der Waals surface area contributed by atoms with Crippen LogP contribution in [0, 0.1) is 11.3 Å². The Labute approximate surface area is 179 Å². The number of thiazole rings is 1. The molecule has 2 saturated heterocycles. The van der Waals surface area contributed by atoms with E-state index >= 15 is 0 Å². The molecule has 0 unspecified atom stereocenters. The van der Waals surface area contributed by atoms with Crippen molar-refractivity contribution in [3.8, 4) is 6.07 Å². The van der Waals surface area contributed by atoms with Crippen LogP contribution >= 0.6 is 11.3 Å². The Balaban J connectivity index is 1.40. The average Bonchev–Trinajstić information content (AvgIpc) is 3.23. The van der Waals surface area contributed by atoms with Gasteiger partial charge in [0.05, 0.1) is 24.4 Å². The quantitative estimate of drug-likeness (QED) is 0.696. The van der Waals surface area contributed by atoms with Crippen molar-refractivity contribution in [1.29, 1.82) is 5.26 Å². The minimum atomic E-state index is -0.317. The topological polar surface area (TPSA) is 118 Å². The van der Waals surface area contributed by atoms with Crippen LogP contribution in [0.15, 0.2) is 17.6 Å². The number of aromatic nitrogens is 3. The molecule has 4 rings (SSSR count). The number of hydrogen-bond acceptors (Lipinski definition) is 9. The third-order valence-corrected chi connectivity index (χ3v) is 6.35. The predicted octanol–water partition coefficient (Wildman–Crippen LogP) is 1.98. The highest BCUT2D eigenvalue weighted by Crippen LogP contribution is 2.27. The highest BCUT2D eigenvalue weighted by atomic mass is 32.1. The van der Waals surface area contributed by atoms with Crippen LogP contribution in [-0.4, -0.2) is 74.6 Å². The molecule has 2 N–H and O–H groups in total. The van der Waals surface area contributed by atoms with Crippen molar-refractivity contribution in [2.24, 2.45) is 0 Å². The summed E-state index contributed by atoms with van der Waals surface area (Å²) in [4.78, 5) is 29.9. The maximum atomic E-state index is 12.6. The molecule has 2 aromatic heterocycles. The van der Waals surface area contributed by atoms with Gasteiger partial charge in [0, 0.05) is 37.1 Å². The maximum Gasteiger partial charge on any atom is 0.273 e. The van der Waals surface area contributed by atoms with Gasteiger partial charge in [0.1, 0.15) is 5.69 Å². The number of carbonyl (C=O) groups is 1. The number of nitrogens with zero attached hydrogens (tertiary/aromatic N) is 6. The van der Waals surface area contributed by atoms with Crippen molar-refractivity contribution < 1.29 is 9.90 Å². The van der Waals surface area contributed by atoms with Crippen molar-refractivity contribution in [3.63, 3.8) is 0 Å². The van der Waals surface area contributed by atoms with E-state index in [-0.39, 0.29) is 17.9 Å². The molecule has 2 aliphatic rings. The summed E-state index contributed by atoms with van der Waals surface area (Å²) < 4.78 is 0. The summed E-state index contributed by atoms with van der Waals surface area (Å²) in [5.41, 5.74) is 1.35. The zero-order valence-electron chi connectivity index (χ0n) is 16.7. The smallest absolute Gasteiger partial charge is 0.273 e. The third-order valence-electron chi connectivity index (χ3n) is 5.59. The zero-order chi connectivity index (χ0) is 20.9. The van der Waals surface area contributed by atoms with Crippen LogP contribution in [0.2, 0.25) is 0 Å². The van der Waals surface area contributed by atoms with Gasteiger partial charge in [0.15, 0.2) is 5.13 Å². The lowest BCUT2D eigenvalue weighted by atomic mass is 9.94. The third kappa shape index (κ3) is 4.92. The molecule has 30 heavy (non-hydrogen) atoms. The molecule has 1 atom stereocenters. The Morgan fingerprint density at radius 2 is 2.13 bits per heavy atom. The largest absolute Gasteiger partial charge is 0.393 e. The number of anilines is 2. The summed E-state index contributed by atoms with van der Waals surface area (Å²) in [6.07, 6.45) is 4.71. The van der Waals surface area contributed by atoms with Gasteiger partial charge in [0.2, 0.25) is 5.95 Å². The predicted molar refractivity (Wildman–Crippen MR) is 113 cm³/mol. The first-order valence-electron chi connectivity index (χ1n) is 10.2. The van der Waals surface area contributed by atoms with Crippen molar-refractivity contribution in [1.82, 2.24) is 24.8 Å². The Morgan fingerprint density at radius 3 is 2.93 bits per heavy atom. The van der Waals surface area contributed by atoms with E-state index in [9.17, 15) is 9.90 Å². The number of nitrogens with one attached hydrogen (secondary N) is 1. The molecule has 2 fully saturated rings. The fourth-order valence-corrected chi connectivity index (χ4v) is 4.63. The number of aliphatic hydroxyl groups is 1. The molecular weight excluding hydrogens is 402 g/mol. The van der Waals surface area contributed by atoms with E-state index in [1.807, 2.05) is 6.07 Å². The van der Waals surface area contributed by atoms with Gasteiger partial charge < -0.3 is 15.3 Å². The van der Waals surface area contributed by atoms with E-state index in [0.717, 1.165) is 31.6 Å². The van der Waals surface area contributed by atoms with E-state index in [0.29, 0.717) is 49.2 Å². The van der Waals surface area contributed by atoms with Crippen LogP contribution < -0.4 is 5.32 Å². The molecule has 158 valence electrons. The van der Waals surface area contributed by atoms with Gasteiger partial charge in [-0.3, -0.25) is 9.69 Å². The second kappa shape index (κ2) is 9.47. The molecular formula is C20H25N7O2S. The summed E-state index contributed by atoms with van der Waals surface area (Å²) in [5, 5.41) is 24.0. The number of hydrogen-bond donors (Lipinski definition) is 2. The van der Waals surface area contributed by atoms with Crippen molar-refractivity contribution >= 4 is 28.3 Å². The Morgan fingerprint density at radius 1 is 1.30 bits per heavy atom. The van der Waals surface area contributed by atoms with Gasteiger partial charge in [0.25, 0.3) is 5.91 Å². The Hall–Kier alpha value is -2.61. The van der Waals surface area contributed by atoms with E-state index < -0.39 is 0 Å². The monoisotopic (exact) mass is 427 g/mol. The summed E-state index contributed by atoms with van der Waals surface area (Å²) >= 11 is 1.34. The molecule has 4 heterocycles. The molecule has 0 radical (unpaired) electrons. The molecule has 0 aliphatic carbocycles. The van der Waals surface area contributed by atoms with Crippen LogP contribution in [-0.2, 0) is 0 Å². The van der Waals surface area contributed by atoms with Gasteiger partial charge in [-0.2, -0.15) is 5.26 Å². The van der Waals surface area contributed by atoms with E-state index in [1.54, 1.807) is 16.5 Å². The molecule has 9 nitrogen and oxygen atoms in total. The van der Waals surface area contributed by atoms with Crippen molar-refractivity contribution in [2.45, 2.75) is 37.7 Å². The SMILES string of the molecule is N#CCN1CCC[C@@H](c2ccnc(Nc3nc(C(=O)N4CCC(O)CC4)cs3)n2)C1. The van der Waals surface area contributed by atoms with Crippen LogP contribution in [0.4, 0.5) is 11.1 Å². The molecule has 0 spiro atoms. The second-order valence-corrected chi connectivity index (χ2v) is 8.58. The average molecular weight is 428 g/mol. The van der Waals surface area contributed by atoms with Crippen LogP contribution in [0.25, 0.3) is 0 Å². The maximum absolute atomic E-state index is 12.6. The molecule has 10 heteroatoms. The van der Waals surface area contributed by atoms with Gasteiger partial charge in [-0.15, -0.1) is 11.3 Å². The molecule has 2 aliphatic heterocycles. The van der Waals surface area contributed by atoms with Gasteiger partial charge >= 0.3 is 0 Å². The molecule has 0 bridgehead atoms. The van der Waals surface area contributed by atoms with E-state index in [2.05, 4.69) is 31.2 Å². The van der Waals surface area contributed by atoms with Gasteiger partial charge in [-0.1, -0.05) is 0 Å². The highest BCUT2D eigenvalue weighted by Gasteiger charge is 2.25. The number of rotatable bonds is 5. The minimum Gasteiger partial charge on any atom is -0.393 e.